The molecular formula is C18H26BrN3O4. The molecule has 1 fully saturated rings. The first-order valence-corrected chi connectivity index (χ1v) is 9.58. The van der Waals surface area contributed by atoms with E-state index in [0.29, 0.717) is 67.4 Å². The molecule has 0 aromatic heterocycles. The summed E-state index contributed by atoms with van der Waals surface area (Å²) in [7, 11) is 1.55. The summed E-state index contributed by atoms with van der Waals surface area (Å²) in [5.74, 6) is 1.09. The van der Waals surface area contributed by atoms with Crippen molar-refractivity contribution in [2.75, 3.05) is 53.0 Å². The fourth-order valence-corrected chi connectivity index (χ4v) is 3.43. The van der Waals surface area contributed by atoms with Crippen LogP contribution in [-0.2, 0) is 4.79 Å². The number of likely N-dealkylation sites (N-methyl/N-ethyl adjacent to an activating group) is 1. The molecule has 0 unspecified atom stereocenters. The van der Waals surface area contributed by atoms with Gasteiger partial charge in [0.2, 0.25) is 5.91 Å². The quantitative estimate of drug-likeness (QED) is 0.717. The van der Waals surface area contributed by atoms with E-state index < -0.39 is 0 Å². The molecule has 1 aromatic carbocycles. The molecule has 0 atom stereocenters. The third kappa shape index (κ3) is 5.11. The Labute approximate surface area is 162 Å². The van der Waals surface area contributed by atoms with Crippen molar-refractivity contribution in [1.82, 2.24) is 15.1 Å². The molecule has 1 aliphatic heterocycles. The van der Waals surface area contributed by atoms with E-state index in [1.165, 1.54) is 0 Å². The highest BCUT2D eigenvalue weighted by molar-refractivity contribution is 9.10. The standard InChI is InChI=1S/C18H26BrN3O4/c1-4-20-16(23)12-21-6-8-22(9-7-21)18(24)13-10-14(19)17(26-5-2)15(11-13)25-3/h10-11H,4-9,12H2,1-3H3,(H,20,23). The van der Waals surface area contributed by atoms with Crippen LogP contribution in [0.25, 0.3) is 0 Å². The monoisotopic (exact) mass is 427 g/mol. The van der Waals surface area contributed by atoms with Crippen molar-refractivity contribution in [3.05, 3.63) is 22.2 Å². The number of benzene rings is 1. The Morgan fingerprint density at radius 2 is 1.88 bits per heavy atom. The Morgan fingerprint density at radius 1 is 1.19 bits per heavy atom. The average molecular weight is 428 g/mol. The highest BCUT2D eigenvalue weighted by Crippen LogP contribution is 2.37. The highest BCUT2D eigenvalue weighted by atomic mass is 79.9. The molecule has 0 saturated carbocycles. The maximum Gasteiger partial charge on any atom is 0.254 e. The summed E-state index contributed by atoms with van der Waals surface area (Å²) in [6.07, 6.45) is 0. The first kappa shape index (κ1) is 20.5. The molecule has 0 aliphatic carbocycles. The van der Waals surface area contributed by atoms with Crippen LogP contribution in [0, 0.1) is 0 Å². The Bertz CT molecular complexity index is 646. The SMILES string of the molecule is CCNC(=O)CN1CCN(C(=O)c2cc(Br)c(OCC)c(OC)c2)CC1. The number of nitrogens with one attached hydrogen (secondary N) is 1. The van der Waals surface area contributed by atoms with Gasteiger partial charge in [-0.05, 0) is 41.9 Å². The summed E-state index contributed by atoms with van der Waals surface area (Å²) in [6.45, 7) is 7.84. The van der Waals surface area contributed by atoms with Crippen molar-refractivity contribution in [3.8, 4) is 11.5 Å². The summed E-state index contributed by atoms with van der Waals surface area (Å²) in [5.41, 5.74) is 0.550. The Morgan fingerprint density at radius 3 is 2.46 bits per heavy atom. The minimum Gasteiger partial charge on any atom is -0.493 e. The van der Waals surface area contributed by atoms with E-state index in [0.717, 1.165) is 0 Å². The predicted molar refractivity (Wildman–Crippen MR) is 103 cm³/mol. The summed E-state index contributed by atoms with van der Waals surface area (Å²) < 4.78 is 11.6. The van der Waals surface area contributed by atoms with Crippen molar-refractivity contribution >= 4 is 27.7 Å². The van der Waals surface area contributed by atoms with Gasteiger partial charge >= 0.3 is 0 Å². The molecule has 26 heavy (non-hydrogen) atoms. The Balaban J connectivity index is 2.02. The van der Waals surface area contributed by atoms with Crippen LogP contribution >= 0.6 is 15.9 Å². The fourth-order valence-electron chi connectivity index (χ4n) is 2.88. The van der Waals surface area contributed by atoms with Crippen molar-refractivity contribution in [3.63, 3.8) is 0 Å². The van der Waals surface area contributed by atoms with Crippen molar-refractivity contribution < 1.29 is 19.1 Å². The van der Waals surface area contributed by atoms with Crippen LogP contribution in [0.3, 0.4) is 0 Å². The Kier molecular flexibility index (Phi) is 7.71. The number of nitrogens with zero attached hydrogens (tertiary/aromatic N) is 2. The maximum absolute atomic E-state index is 12.8. The van der Waals surface area contributed by atoms with Crippen molar-refractivity contribution in [1.29, 1.82) is 0 Å². The number of methoxy groups -OCH3 is 1. The van der Waals surface area contributed by atoms with Crippen molar-refractivity contribution in [2.24, 2.45) is 0 Å². The lowest BCUT2D eigenvalue weighted by atomic mass is 10.1. The third-order valence-electron chi connectivity index (χ3n) is 4.17. The van der Waals surface area contributed by atoms with E-state index in [2.05, 4.69) is 26.1 Å². The second kappa shape index (κ2) is 9.78. The van der Waals surface area contributed by atoms with Crippen LogP contribution in [0.1, 0.15) is 24.2 Å². The predicted octanol–water partition coefficient (Wildman–Crippen LogP) is 1.75. The van der Waals surface area contributed by atoms with Crippen LogP contribution in [0.4, 0.5) is 0 Å². The van der Waals surface area contributed by atoms with Gasteiger partial charge in [-0.1, -0.05) is 0 Å². The molecule has 1 aromatic rings. The zero-order valence-electron chi connectivity index (χ0n) is 15.5. The lowest BCUT2D eigenvalue weighted by molar-refractivity contribution is -0.122. The molecule has 0 radical (unpaired) electrons. The number of rotatable bonds is 7. The minimum absolute atomic E-state index is 0.0208. The topological polar surface area (TPSA) is 71.1 Å². The van der Waals surface area contributed by atoms with E-state index in [-0.39, 0.29) is 11.8 Å². The summed E-state index contributed by atoms with van der Waals surface area (Å²) >= 11 is 3.46. The number of hydrogen-bond acceptors (Lipinski definition) is 5. The van der Waals surface area contributed by atoms with Gasteiger partial charge in [-0.3, -0.25) is 14.5 Å². The highest BCUT2D eigenvalue weighted by Gasteiger charge is 2.25. The molecular weight excluding hydrogens is 402 g/mol. The molecule has 1 heterocycles. The fraction of sp³-hybridized carbons (Fsp3) is 0.556. The van der Waals surface area contributed by atoms with Crippen molar-refractivity contribution in [2.45, 2.75) is 13.8 Å². The van der Waals surface area contributed by atoms with Crippen LogP contribution in [0.2, 0.25) is 0 Å². The van der Waals surface area contributed by atoms with Crippen LogP contribution in [0.5, 0.6) is 11.5 Å². The average Bonchev–Trinajstić information content (AvgIpc) is 2.63. The van der Waals surface area contributed by atoms with Gasteiger partial charge in [0, 0.05) is 38.3 Å². The number of halogens is 1. The molecule has 2 amide bonds. The molecule has 8 heteroatoms. The molecule has 1 N–H and O–H groups in total. The minimum atomic E-state index is -0.0512. The van der Waals surface area contributed by atoms with Crippen LogP contribution in [-0.4, -0.2) is 74.6 Å². The lowest BCUT2D eigenvalue weighted by Crippen LogP contribution is -2.51. The number of hydrogen-bond donors (Lipinski definition) is 1. The molecule has 7 nitrogen and oxygen atoms in total. The zero-order valence-corrected chi connectivity index (χ0v) is 17.1. The van der Waals surface area contributed by atoms with E-state index in [9.17, 15) is 9.59 Å². The number of carbonyl (C=O) groups excluding carboxylic acids is 2. The number of piperazine rings is 1. The maximum atomic E-state index is 12.8. The first-order chi connectivity index (χ1) is 12.5. The second-order valence-electron chi connectivity index (χ2n) is 5.94. The second-order valence-corrected chi connectivity index (χ2v) is 6.80. The first-order valence-electron chi connectivity index (χ1n) is 8.78. The largest absolute Gasteiger partial charge is 0.493 e. The molecule has 1 saturated heterocycles. The smallest absolute Gasteiger partial charge is 0.254 e. The third-order valence-corrected chi connectivity index (χ3v) is 4.75. The van der Waals surface area contributed by atoms with Crippen LogP contribution < -0.4 is 14.8 Å². The van der Waals surface area contributed by atoms with Gasteiger partial charge in [-0.2, -0.15) is 0 Å². The van der Waals surface area contributed by atoms with Gasteiger partial charge in [0.05, 0.1) is 24.7 Å². The molecule has 144 valence electrons. The number of ether oxygens (including phenoxy) is 2. The van der Waals surface area contributed by atoms with Gasteiger partial charge < -0.3 is 19.7 Å². The lowest BCUT2D eigenvalue weighted by Gasteiger charge is -2.34. The van der Waals surface area contributed by atoms with E-state index >= 15 is 0 Å². The molecule has 2 rings (SSSR count). The normalized spacial score (nSPS) is 14.8. The van der Waals surface area contributed by atoms with Gasteiger partial charge in [0.1, 0.15) is 0 Å². The zero-order chi connectivity index (χ0) is 19.1. The number of carbonyl (C=O) groups is 2. The van der Waals surface area contributed by atoms with Gasteiger partial charge in [0.25, 0.3) is 5.91 Å². The Hall–Kier alpha value is -1.80. The summed E-state index contributed by atoms with van der Waals surface area (Å²) in [5, 5.41) is 2.80. The number of amides is 2. The van der Waals surface area contributed by atoms with Gasteiger partial charge in [-0.15, -0.1) is 0 Å². The molecule has 0 spiro atoms. The molecule has 0 bridgehead atoms. The molecule has 1 aliphatic rings. The van der Waals surface area contributed by atoms with E-state index in [1.54, 1.807) is 24.1 Å². The van der Waals surface area contributed by atoms with Gasteiger partial charge in [-0.25, -0.2) is 0 Å². The van der Waals surface area contributed by atoms with E-state index in [1.807, 2.05) is 13.8 Å². The van der Waals surface area contributed by atoms with Gasteiger partial charge in [0.15, 0.2) is 11.5 Å². The summed E-state index contributed by atoms with van der Waals surface area (Å²) in [6, 6.07) is 3.47. The van der Waals surface area contributed by atoms with E-state index in [4.69, 9.17) is 9.47 Å². The summed E-state index contributed by atoms with van der Waals surface area (Å²) in [4.78, 5) is 28.4. The van der Waals surface area contributed by atoms with Crippen LogP contribution in [0.15, 0.2) is 16.6 Å².